The summed E-state index contributed by atoms with van der Waals surface area (Å²) in [6, 6.07) is -0.0104. The third kappa shape index (κ3) is 1.95. The maximum absolute atomic E-state index is 9.51. The lowest BCUT2D eigenvalue weighted by Crippen LogP contribution is -2.53. The molecule has 1 saturated heterocycles. The van der Waals surface area contributed by atoms with E-state index >= 15 is 0 Å². The molecule has 1 rings (SSSR count). The van der Waals surface area contributed by atoms with E-state index in [1.165, 1.54) is 0 Å². The van der Waals surface area contributed by atoms with E-state index in [4.69, 9.17) is 4.74 Å². The van der Waals surface area contributed by atoms with Gasteiger partial charge in [0.15, 0.2) is 6.29 Å². The van der Waals surface area contributed by atoms with Crippen LogP contribution in [-0.2, 0) is 4.74 Å². The highest BCUT2D eigenvalue weighted by Crippen LogP contribution is 2.21. The highest BCUT2D eigenvalue weighted by Gasteiger charge is 2.35. The molecule has 0 radical (unpaired) electrons. The third-order valence-corrected chi connectivity index (χ3v) is 2.29. The Morgan fingerprint density at radius 3 is 2.42 bits per heavy atom. The van der Waals surface area contributed by atoms with Gasteiger partial charge < -0.3 is 19.8 Å². The second kappa shape index (κ2) is 3.70. The Hall–Kier alpha value is -0.160. The van der Waals surface area contributed by atoms with Gasteiger partial charge in [0.25, 0.3) is 0 Å². The molecule has 1 aliphatic heterocycles. The number of aliphatic hydroxyl groups excluding tert-OH is 2. The van der Waals surface area contributed by atoms with Gasteiger partial charge in [-0.2, -0.15) is 0 Å². The maximum Gasteiger partial charge on any atom is 0.182 e. The lowest BCUT2D eigenvalue weighted by molar-refractivity contribution is -0.230. The van der Waals surface area contributed by atoms with Crippen LogP contribution < -0.4 is 0 Å². The molecule has 1 aliphatic rings. The number of hydrogen-bond acceptors (Lipinski definition) is 4. The van der Waals surface area contributed by atoms with Crippen molar-refractivity contribution in [3.05, 3.63) is 0 Å². The van der Waals surface area contributed by atoms with Crippen LogP contribution in [0.25, 0.3) is 0 Å². The summed E-state index contributed by atoms with van der Waals surface area (Å²) in [6.07, 6.45) is -1.07. The van der Waals surface area contributed by atoms with Gasteiger partial charge in [0, 0.05) is 6.04 Å². The number of likely N-dealkylation sites (N-methyl/N-ethyl adjacent to an activating group) is 1. The van der Waals surface area contributed by atoms with Crippen LogP contribution in [0.2, 0.25) is 0 Å². The minimum absolute atomic E-state index is 0.01000. The molecule has 1 heterocycles. The highest BCUT2D eigenvalue weighted by atomic mass is 16.6. The first-order valence-electron chi connectivity index (χ1n) is 4.20. The Balaban J connectivity index is 2.60. The van der Waals surface area contributed by atoms with Gasteiger partial charge in [0.1, 0.15) is 6.10 Å². The van der Waals surface area contributed by atoms with E-state index in [1.807, 2.05) is 25.9 Å². The Bertz CT molecular complexity index is 151. The van der Waals surface area contributed by atoms with Crippen molar-refractivity contribution in [1.29, 1.82) is 0 Å². The van der Waals surface area contributed by atoms with Crippen LogP contribution in [0.3, 0.4) is 0 Å². The molecule has 4 heteroatoms. The largest absolute Gasteiger partial charge is 0.386 e. The smallest absolute Gasteiger partial charge is 0.182 e. The summed E-state index contributed by atoms with van der Waals surface area (Å²) < 4.78 is 5.06. The van der Waals surface area contributed by atoms with Crippen LogP contribution in [-0.4, -0.2) is 53.7 Å². The van der Waals surface area contributed by atoms with Crippen LogP contribution in [0.5, 0.6) is 0 Å². The van der Waals surface area contributed by atoms with Gasteiger partial charge in [0.05, 0.1) is 6.10 Å². The molecular formula is C8H17NO3. The van der Waals surface area contributed by atoms with Crippen LogP contribution in [0.1, 0.15) is 13.3 Å². The summed E-state index contributed by atoms with van der Waals surface area (Å²) in [4.78, 5) is 1.91. The first-order chi connectivity index (χ1) is 5.52. The molecule has 12 heavy (non-hydrogen) atoms. The number of hydrogen-bond donors (Lipinski definition) is 2. The lowest BCUT2D eigenvalue weighted by Gasteiger charge is -2.38. The summed E-state index contributed by atoms with van der Waals surface area (Å²) in [5.74, 6) is 0. The Morgan fingerprint density at radius 1 is 1.33 bits per heavy atom. The van der Waals surface area contributed by atoms with E-state index in [9.17, 15) is 10.2 Å². The van der Waals surface area contributed by atoms with E-state index in [0.717, 1.165) is 6.42 Å². The van der Waals surface area contributed by atoms with Crippen molar-refractivity contribution >= 4 is 0 Å². The van der Waals surface area contributed by atoms with Gasteiger partial charge in [0.2, 0.25) is 0 Å². The number of ether oxygens (including phenoxy) is 1. The molecule has 72 valence electrons. The molecule has 0 bridgehead atoms. The molecule has 4 nitrogen and oxygen atoms in total. The van der Waals surface area contributed by atoms with Gasteiger partial charge >= 0.3 is 0 Å². The number of nitrogens with zero attached hydrogens (tertiary/aromatic N) is 1. The average molecular weight is 175 g/mol. The molecule has 0 aliphatic carbocycles. The van der Waals surface area contributed by atoms with Gasteiger partial charge in [-0.15, -0.1) is 0 Å². The monoisotopic (exact) mass is 175 g/mol. The zero-order chi connectivity index (χ0) is 9.30. The molecule has 0 aromatic carbocycles. The summed E-state index contributed by atoms with van der Waals surface area (Å²) >= 11 is 0. The summed E-state index contributed by atoms with van der Waals surface area (Å²) in [6.45, 7) is 1.89. The van der Waals surface area contributed by atoms with Gasteiger partial charge in [-0.3, -0.25) is 0 Å². The van der Waals surface area contributed by atoms with Crippen molar-refractivity contribution in [2.24, 2.45) is 0 Å². The normalized spacial score (nSPS) is 43.5. The minimum atomic E-state index is -1.04. The first kappa shape index (κ1) is 9.92. The van der Waals surface area contributed by atoms with Crippen LogP contribution in [0.4, 0.5) is 0 Å². The van der Waals surface area contributed by atoms with Gasteiger partial charge in [-0.1, -0.05) is 0 Å². The quantitative estimate of drug-likeness (QED) is 0.559. The van der Waals surface area contributed by atoms with Crippen LogP contribution in [0, 0.1) is 0 Å². The molecule has 0 aromatic rings. The summed E-state index contributed by atoms with van der Waals surface area (Å²) in [5, 5.41) is 18.8. The fourth-order valence-electron chi connectivity index (χ4n) is 1.56. The van der Waals surface area contributed by atoms with E-state index in [2.05, 4.69) is 0 Å². The second-order valence-corrected chi connectivity index (χ2v) is 3.59. The zero-order valence-corrected chi connectivity index (χ0v) is 7.77. The van der Waals surface area contributed by atoms with Crippen molar-refractivity contribution in [3.8, 4) is 0 Å². The lowest BCUT2D eigenvalue weighted by atomic mass is 9.99. The maximum atomic E-state index is 9.51. The Morgan fingerprint density at radius 2 is 1.92 bits per heavy atom. The number of rotatable bonds is 1. The van der Waals surface area contributed by atoms with Gasteiger partial charge in [-0.25, -0.2) is 0 Å². The minimum Gasteiger partial charge on any atom is -0.386 e. The Kier molecular flexibility index (Phi) is 3.06. The molecule has 0 spiro atoms. The summed E-state index contributed by atoms with van der Waals surface area (Å²) in [5.41, 5.74) is 0. The van der Waals surface area contributed by atoms with Crippen molar-refractivity contribution in [1.82, 2.24) is 4.90 Å². The SMILES string of the molecule is C[C@H]1C[C@@H](N(C)C)[C@H](O)[C@H](O)O1. The van der Waals surface area contributed by atoms with Crippen molar-refractivity contribution in [2.45, 2.75) is 37.9 Å². The third-order valence-electron chi connectivity index (χ3n) is 2.29. The zero-order valence-electron chi connectivity index (χ0n) is 7.77. The fraction of sp³-hybridized carbons (Fsp3) is 1.00. The van der Waals surface area contributed by atoms with Crippen molar-refractivity contribution in [3.63, 3.8) is 0 Å². The van der Waals surface area contributed by atoms with Gasteiger partial charge in [-0.05, 0) is 27.4 Å². The van der Waals surface area contributed by atoms with Crippen LogP contribution >= 0.6 is 0 Å². The average Bonchev–Trinajstić information content (AvgIpc) is 1.96. The van der Waals surface area contributed by atoms with E-state index in [1.54, 1.807) is 0 Å². The summed E-state index contributed by atoms with van der Waals surface area (Å²) in [7, 11) is 3.78. The molecule has 1 fully saturated rings. The molecule has 0 unspecified atom stereocenters. The van der Waals surface area contributed by atoms with Crippen molar-refractivity contribution < 1.29 is 14.9 Å². The predicted octanol–water partition coefficient (Wildman–Crippen LogP) is -0.595. The van der Waals surface area contributed by atoms with Crippen molar-refractivity contribution in [2.75, 3.05) is 14.1 Å². The molecule has 0 saturated carbocycles. The standard InChI is InChI=1S/C8H17NO3/c1-5-4-6(9(2)3)7(10)8(11)12-5/h5-8,10-11H,4H2,1-3H3/t5-,6+,7-,8+/m0/s1. The highest BCUT2D eigenvalue weighted by molar-refractivity contribution is 4.84. The predicted molar refractivity (Wildman–Crippen MR) is 44.7 cm³/mol. The Labute approximate surface area is 72.7 Å². The molecule has 2 N–H and O–H groups in total. The van der Waals surface area contributed by atoms with E-state index in [-0.39, 0.29) is 12.1 Å². The molecule has 0 amide bonds. The molecule has 0 aromatic heterocycles. The second-order valence-electron chi connectivity index (χ2n) is 3.59. The first-order valence-corrected chi connectivity index (χ1v) is 4.20. The number of aliphatic hydroxyl groups is 2. The van der Waals surface area contributed by atoms with Crippen LogP contribution in [0.15, 0.2) is 0 Å². The molecular weight excluding hydrogens is 158 g/mol. The molecule has 4 atom stereocenters. The van der Waals surface area contributed by atoms with E-state index in [0.29, 0.717) is 0 Å². The van der Waals surface area contributed by atoms with E-state index < -0.39 is 12.4 Å². The fourth-order valence-corrected chi connectivity index (χ4v) is 1.56. The topological polar surface area (TPSA) is 52.9 Å².